The van der Waals surface area contributed by atoms with E-state index >= 15 is 0 Å². The smallest absolute Gasteiger partial charge is 0.251 e. The van der Waals surface area contributed by atoms with E-state index in [-0.39, 0.29) is 18.7 Å². The number of halogens is 1. The quantitative estimate of drug-likeness (QED) is 0.760. The molecule has 0 aliphatic carbocycles. The lowest BCUT2D eigenvalue weighted by molar-refractivity contribution is 0.0939. The molecule has 1 aromatic heterocycles. The summed E-state index contributed by atoms with van der Waals surface area (Å²) in [5, 5.41) is 3.34. The number of hydrogen-bond acceptors (Lipinski definition) is 4. The average Bonchev–Trinajstić information content (AvgIpc) is 3.33. The normalized spacial score (nSPS) is 13.5. The van der Waals surface area contributed by atoms with Crippen LogP contribution >= 0.6 is 11.6 Å². The van der Waals surface area contributed by atoms with Gasteiger partial charge in [-0.1, -0.05) is 23.7 Å². The number of nitrogens with one attached hydrogen (secondary N) is 1. The fourth-order valence-corrected chi connectivity index (χ4v) is 3.07. The third-order valence-corrected chi connectivity index (χ3v) is 4.51. The average molecular weight is 370 g/mol. The van der Waals surface area contributed by atoms with Crippen molar-refractivity contribution in [2.24, 2.45) is 0 Å². The molecule has 26 heavy (non-hydrogen) atoms. The van der Waals surface area contributed by atoms with Crippen molar-refractivity contribution in [1.29, 1.82) is 0 Å². The van der Waals surface area contributed by atoms with Gasteiger partial charge in [0.2, 0.25) is 6.79 Å². The van der Waals surface area contributed by atoms with E-state index < -0.39 is 0 Å². The molecule has 2 heterocycles. The number of carbonyl (C=O) groups excluding carboxylic acids is 1. The van der Waals surface area contributed by atoms with Crippen LogP contribution in [0.3, 0.4) is 0 Å². The van der Waals surface area contributed by atoms with E-state index in [0.29, 0.717) is 22.1 Å². The second-order valence-electron chi connectivity index (χ2n) is 5.95. The second-order valence-corrected chi connectivity index (χ2v) is 6.36. The zero-order valence-corrected chi connectivity index (χ0v) is 14.7. The van der Waals surface area contributed by atoms with Gasteiger partial charge >= 0.3 is 0 Å². The van der Waals surface area contributed by atoms with Crippen molar-refractivity contribution in [3.8, 4) is 17.2 Å². The number of aromatic nitrogens is 2. The van der Waals surface area contributed by atoms with Gasteiger partial charge in [0, 0.05) is 23.6 Å². The van der Waals surface area contributed by atoms with Crippen molar-refractivity contribution in [2.75, 3.05) is 6.79 Å². The minimum absolute atomic E-state index is 0.111. The molecule has 0 fully saturated rings. The third kappa shape index (κ3) is 3.11. The number of rotatable bonds is 4. The second kappa shape index (κ2) is 6.72. The van der Waals surface area contributed by atoms with Crippen LogP contribution in [0.5, 0.6) is 11.5 Å². The molecule has 7 heteroatoms. The number of nitrogens with zero attached hydrogens (tertiary/aromatic N) is 2. The van der Waals surface area contributed by atoms with Crippen LogP contribution in [0.2, 0.25) is 5.02 Å². The summed E-state index contributed by atoms with van der Waals surface area (Å²) in [6.45, 7) is 2.04. The number of hydrogen-bond donors (Lipinski definition) is 1. The largest absolute Gasteiger partial charge is 0.454 e. The first-order valence-electron chi connectivity index (χ1n) is 8.10. The topological polar surface area (TPSA) is 65.4 Å². The summed E-state index contributed by atoms with van der Waals surface area (Å²) in [5.74, 6) is 0.739. The van der Waals surface area contributed by atoms with Crippen LogP contribution in [0.15, 0.2) is 55.1 Å². The standard InChI is InChI=1S/C19H16ClN3O3/c1-12(13-2-4-15(5-3-13)23-7-6-21-10-23)22-19(24)14-8-16(20)18-17(9-14)25-11-26-18/h2-10,12H,11H2,1H3,(H,22,24)/t12-/m0/s1. The van der Waals surface area contributed by atoms with Crippen LogP contribution in [0.1, 0.15) is 28.9 Å². The predicted octanol–water partition coefficient (Wildman–Crippen LogP) is 3.75. The maximum absolute atomic E-state index is 12.6. The number of ether oxygens (including phenoxy) is 2. The Morgan fingerprint density at radius 3 is 2.81 bits per heavy atom. The first kappa shape index (κ1) is 16.5. The third-order valence-electron chi connectivity index (χ3n) is 4.23. The highest BCUT2D eigenvalue weighted by Crippen LogP contribution is 2.39. The van der Waals surface area contributed by atoms with Gasteiger partial charge in [0.1, 0.15) is 0 Å². The van der Waals surface area contributed by atoms with Crippen LogP contribution < -0.4 is 14.8 Å². The van der Waals surface area contributed by atoms with Crippen LogP contribution in [0.4, 0.5) is 0 Å². The molecule has 0 unspecified atom stereocenters. The fraction of sp³-hybridized carbons (Fsp3) is 0.158. The van der Waals surface area contributed by atoms with E-state index in [1.165, 1.54) is 0 Å². The van der Waals surface area contributed by atoms with E-state index in [2.05, 4.69) is 10.3 Å². The zero-order valence-electron chi connectivity index (χ0n) is 14.0. The highest BCUT2D eigenvalue weighted by Gasteiger charge is 2.21. The van der Waals surface area contributed by atoms with Crippen molar-refractivity contribution in [3.05, 3.63) is 71.3 Å². The maximum atomic E-state index is 12.6. The Bertz CT molecular complexity index is 939. The first-order chi connectivity index (χ1) is 12.6. The number of fused-ring (bicyclic) bond motifs is 1. The molecule has 2 aromatic carbocycles. The van der Waals surface area contributed by atoms with Crippen molar-refractivity contribution in [1.82, 2.24) is 14.9 Å². The monoisotopic (exact) mass is 369 g/mol. The van der Waals surface area contributed by atoms with E-state index in [1.807, 2.05) is 42.0 Å². The molecule has 0 saturated carbocycles. The minimum Gasteiger partial charge on any atom is -0.454 e. The van der Waals surface area contributed by atoms with Crippen molar-refractivity contribution >= 4 is 17.5 Å². The van der Waals surface area contributed by atoms with Crippen molar-refractivity contribution in [2.45, 2.75) is 13.0 Å². The number of imidazole rings is 1. The molecule has 132 valence electrons. The summed E-state index contributed by atoms with van der Waals surface area (Å²) in [6.07, 6.45) is 5.35. The Balaban J connectivity index is 1.48. The molecular formula is C19H16ClN3O3. The van der Waals surface area contributed by atoms with E-state index in [1.54, 1.807) is 24.7 Å². The molecule has 6 nitrogen and oxygen atoms in total. The van der Waals surface area contributed by atoms with E-state index in [0.717, 1.165) is 11.3 Å². The maximum Gasteiger partial charge on any atom is 0.251 e. The van der Waals surface area contributed by atoms with Gasteiger partial charge in [0.15, 0.2) is 11.5 Å². The molecular weight excluding hydrogens is 354 g/mol. The van der Waals surface area contributed by atoms with E-state index in [9.17, 15) is 4.79 Å². The Hall–Kier alpha value is -2.99. The lowest BCUT2D eigenvalue weighted by Gasteiger charge is -2.15. The summed E-state index contributed by atoms with van der Waals surface area (Å²) < 4.78 is 12.5. The predicted molar refractivity (Wildman–Crippen MR) is 97.0 cm³/mol. The molecule has 0 saturated heterocycles. The molecule has 1 amide bonds. The van der Waals surface area contributed by atoms with Crippen LogP contribution in [0.25, 0.3) is 5.69 Å². The summed E-state index contributed by atoms with van der Waals surface area (Å²) in [7, 11) is 0. The molecule has 1 aliphatic rings. The molecule has 0 bridgehead atoms. The number of carbonyl (C=O) groups is 1. The van der Waals surface area contributed by atoms with E-state index in [4.69, 9.17) is 21.1 Å². The minimum atomic E-state index is -0.226. The molecule has 1 N–H and O–H groups in total. The fourth-order valence-electron chi connectivity index (χ4n) is 2.81. The van der Waals surface area contributed by atoms with Crippen molar-refractivity contribution in [3.63, 3.8) is 0 Å². The molecule has 3 aromatic rings. The molecule has 1 atom stereocenters. The molecule has 4 rings (SSSR count). The molecule has 0 radical (unpaired) electrons. The lowest BCUT2D eigenvalue weighted by atomic mass is 10.1. The Kier molecular flexibility index (Phi) is 4.26. The van der Waals surface area contributed by atoms with Crippen LogP contribution in [-0.4, -0.2) is 22.3 Å². The van der Waals surface area contributed by atoms with Gasteiger partial charge in [-0.3, -0.25) is 4.79 Å². The summed E-state index contributed by atoms with van der Waals surface area (Å²) in [5.41, 5.74) is 2.43. The van der Waals surface area contributed by atoms with Crippen LogP contribution in [0, 0.1) is 0 Å². The highest BCUT2D eigenvalue weighted by atomic mass is 35.5. The van der Waals surface area contributed by atoms with Gasteiger partial charge in [0.25, 0.3) is 5.91 Å². The SMILES string of the molecule is C[C@H](NC(=O)c1cc(Cl)c2c(c1)OCO2)c1ccc(-n2ccnc2)cc1. The van der Waals surface area contributed by atoms with Crippen molar-refractivity contribution < 1.29 is 14.3 Å². The summed E-state index contributed by atoms with van der Waals surface area (Å²) >= 11 is 6.15. The lowest BCUT2D eigenvalue weighted by Crippen LogP contribution is -2.26. The van der Waals surface area contributed by atoms with Gasteiger partial charge in [-0.15, -0.1) is 0 Å². The highest BCUT2D eigenvalue weighted by molar-refractivity contribution is 6.32. The number of benzene rings is 2. The summed E-state index contributed by atoms with van der Waals surface area (Å²) in [4.78, 5) is 16.6. The van der Waals surface area contributed by atoms with Gasteiger partial charge in [0.05, 0.1) is 17.4 Å². The Morgan fingerprint density at radius 1 is 1.27 bits per heavy atom. The first-order valence-corrected chi connectivity index (χ1v) is 8.48. The van der Waals surface area contributed by atoms with Gasteiger partial charge in [-0.05, 0) is 36.8 Å². The van der Waals surface area contributed by atoms with Gasteiger partial charge in [-0.25, -0.2) is 4.98 Å². The zero-order chi connectivity index (χ0) is 18.1. The number of amides is 1. The molecule has 0 spiro atoms. The Morgan fingerprint density at radius 2 is 2.08 bits per heavy atom. The van der Waals surface area contributed by atoms with Gasteiger partial charge in [-0.2, -0.15) is 0 Å². The van der Waals surface area contributed by atoms with Crippen LogP contribution in [-0.2, 0) is 0 Å². The summed E-state index contributed by atoms with van der Waals surface area (Å²) in [6, 6.07) is 11.0. The Labute approximate surface area is 155 Å². The van der Waals surface area contributed by atoms with Gasteiger partial charge < -0.3 is 19.4 Å². The molecule has 1 aliphatic heterocycles.